The molecule has 0 saturated carbocycles. The molecule has 1 aromatic carbocycles. The Morgan fingerprint density at radius 2 is 2.16 bits per heavy atom. The second kappa shape index (κ2) is 7.56. The van der Waals surface area contributed by atoms with Gasteiger partial charge < -0.3 is 10.4 Å². The van der Waals surface area contributed by atoms with Crippen LogP contribution in [0.2, 0.25) is 0 Å². The third kappa shape index (κ3) is 5.66. The van der Waals surface area contributed by atoms with E-state index < -0.39 is 11.4 Å². The van der Waals surface area contributed by atoms with Crippen molar-refractivity contribution in [2.24, 2.45) is 5.41 Å². The van der Waals surface area contributed by atoms with Crippen LogP contribution in [0.25, 0.3) is 0 Å². The average molecular weight is 281 g/mol. The summed E-state index contributed by atoms with van der Waals surface area (Å²) in [4.78, 5) is 12.2. The van der Waals surface area contributed by atoms with Crippen LogP contribution in [0.15, 0.2) is 29.2 Å². The molecular weight excluding hydrogens is 258 g/mol. The molecule has 0 atom stereocenters. The summed E-state index contributed by atoms with van der Waals surface area (Å²) in [6.45, 7) is 7.55. The zero-order chi connectivity index (χ0) is 14.3. The Balaban J connectivity index is 2.55. The Labute approximate surface area is 119 Å². The Kier molecular flexibility index (Phi) is 6.38. The largest absolute Gasteiger partial charge is 0.481 e. The molecule has 3 nitrogen and oxygen atoms in total. The summed E-state index contributed by atoms with van der Waals surface area (Å²) in [5, 5.41) is 12.5. The first-order chi connectivity index (χ1) is 8.95. The summed E-state index contributed by atoms with van der Waals surface area (Å²) < 4.78 is 0. The molecule has 0 unspecified atom stereocenters. The van der Waals surface area contributed by atoms with E-state index in [-0.39, 0.29) is 0 Å². The Hall–Kier alpha value is -1.00. The van der Waals surface area contributed by atoms with Crippen molar-refractivity contribution in [3.05, 3.63) is 29.8 Å². The molecule has 2 N–H and O–H groups in total. The van der Waals surface area contributed by atoms with Crippen molar-refractivity contribution in [3.8, 4) is 0 Å². The predicted molar refractivity (Wildman–Crippen MR) is 80.6 cm³/mol. The quantitative estimate of drug-likeness (QED) is 0.566. The van der Waals surface area contributed by atoms with E-state index in [2.05, 4.69) is 24.4 Å². The second-order valence-corrected chi connectivity index (χ2v) is 6.35. The first-order valence-electron chi connectivity index (χ1n) is 6.61. The molecule has 1 rings (SSSR count). The third-order valence-corrected chi connectivity index (χ3v) is 4.29. The van der Waals surface area contributed by atoms with Gasteiger partial charge >= 0.3 is 5.97 Å². The lowest BCUT2D eigenvalue weighted by Gasteiger charge is -2.18. The topological polar surface area (TPSA) is 49.3 Å². The standard InChI is InChI=1S/C15H23NO2S/c1-4-8-16-10-12-6-5-7-13(9-12)19-11-15(2,3)14(17)18/h5-7,9,16H,4,8,10-11H2,1-3H3,(H,17,18). The number of benzene rings is 1. The van der Waals surface area contributed by atoms with Crippen LogP contribution in [0.1, 0.15) is 32.8 Å². The van der Waals surface area contributed by atoms with E-state index >= 15 is 0 Å². The first-order valence-corrected chi connectivity index (χ1v) is 7.60. The summed E-state index contributed by atoms with van der Waals surface area (Å²) in [5.74, 6) is -0.172. The molecule has 0 heterocycles. The van der Waals surface area contributed by atoms with E-state index in [1.807, 2.05) is 12.1 Å². The minimum atomic E-state index is -0.749. The first kappa shape index (κ1) is 16.1. The average Bonchev–Trinajstić information content (AvgIpc) is 2.37. The lowest BCUT2D eigenvalue weighted by atomic mass is 9.97. The van der Waals surface area contributed by atoms with Gasteiger partial charge in [0.1, 0.15) is 0 Å². The zero-order valence-electron chi connectivity index (χ0n) is 11.9. The van der Waals surface area contributed by atoms with E-state index in [9.17, 15) is 4.79 Å². The van der Waals surface area contributed by atoms with Gasteiger partial charge in [-0.1, -0.05) is 19.1 Å². The summed E-state index contributed by atoms with van der Waals surface area (Å²) in [7, 11) is 0. The normalized spacial score (nSPS) is 11.5. The van der Waals surface area contributed by atoms with Crippen molar-refractivity contribution in [1.29, 1.82) is 0 Å². The van der Waals surface area contributed by atoms with Gasteiger partial charge in [0.25, 0.3) is 0 Å². The lowest BCUT2D eigenvalue weighted by Crippen LogP contribution is -2.26. The van der Waals surface area contributed by atoms with Crippen LogP contribution in [0.3, 0.4) is 0 Å². The molecule has 0 fully saturated rings. The molecule has 4 heteroatoms. The molecule has 0 aliphatic heterocycles. The minimum Gasteiger partial charge on any atom is -0.481 e. The summed E-state index contributed by atoms with van der Waals surface area (Å²) in [6, 6.07) is 8.28. The van der Waals surface area contributed by atoms with E-state index in [0.717, 1.165) is 24.4 Å². The zero-order valence-corrected chi connectivity index (χ0v) is 12.7. The number of nitrogens with one attached hydrogen (secondary N) is 1. The Morgan fingerprint density at radius 1 is 1.42 bits per heavy atom. The fourth-order valence-corrected chi connectivity index (χ4v) is 2.54. The molecule has 0 saturated heterocycles. The van der Waals surface area contributed by atoms with Crippen molar-refractivity contribution < 1.29 is 9.90 Å². The van der Waals surface area contributed by atoms with Crippen LogP contribution in [0.5, 0.6) is 0 Å². The molecule has 0 aliphatic rings. The summed E-state index contributed by atoms with van der Waals surface area (Å²) in [5.41, 5.74) is 0.549. The lowest BCUT2D eigenvalue weighted by molar-refractivity contribution is -0.145. The Bertz CT molecular complexity index is 418. The van der Waals surface area contributed by atoms with Gasteiger partial charge in [-0.15, -0.1) is 11.8 Å². The van der Waals surface area contributed by atoms with Crippen LogP contribution in [0, 0.1) is 5.41 Å². The van der Waals surface area contributed by atoms with Crippen LogP contribution in [-0.4, -0.2) is 23.4 Å². The number of carboxylic acid groups (broad SMARTS) is 1. The predicted octanol–water partition coefficient (Wildman–Crippen LogP) is 3.39. The highest BCUT2D eigenvalue weighted by molar-refractivity contribution is 7.99. The number of carboxylic acids is 1. The smallest absolute Gasteiger partial charge is 0.309 e. The summed E-state index contributed by atoms with van der Waals surface area (Å²) >= 11 is 1.60. The molecule has 106 valence electrons. The number of hydrogen-bond donors (Lipinski definition) is 2. The van der Waals surface area contributed by atoms with E-state index in [1.165, 1.54) is 5.56 Å². The molecule has 0 radical (unpaired) electrons. The van der Waals surface area contributed by atoms with Crippen LogP contribution in [0.4, 0.5) is 0 Å². The number of thioether (sulfide) groups is 1. The van der Waals surface area contributed by atoms with Gasteiger partial charge in [0.05, 0.1) is 5.41 Å². The van der Waals surface area contributed by atoms with E-state index in [0.29, 0.717) is 5.75 Å². The van der Waals surface area contributed by atoms with Gasteiger partial charge in [0, 0.05) is 17.2 Å². The highest BCUT2D eigenvalue weighted by atomic mass is 32.2. The van der Waals surface area contributed by atoms with Crippen molar-refractivity contribution in [1.82, 2.24) is 5.32 Å². The number of rotatable bonds is 8. The highest BCUT2D eigenvalue weighted by Gasteiger charge is 2.26. The number of carbonyl (C=O) groups is 1. The SMILES string of the molecule is CCCNCc1cccc(SCC(C)(C)C(=O)O)c1. The second-order valence-electron chi connectivity index (χ2n) is 5.30. The highest BCUT2D eigenvalue weighted by Crippen LogP contribution is 2.28. The summed E-state index contributed by atoms with van der Waals surface area (Å²) in [6.07, 6.45) is 1.13. The van der Waals surface area contributed by atoms with E-state index in [1.54, 1.807) is 25.6 Å². The van der Waals surface area contributed by atoms with Crippen LogP contribution >= 0.6 is 11.8 Å². The molecule has 1 aromatic rings. The fourth-order valence-electron chi connectivity index (χ4n) is 1.48. The van der Waals surface area contributed by atoms with Gasteiger partial charge in [0.15, 0.2) is 0 Å². The van der Waals surface area contributed by atoms with Gasteiger partial charge in [-0.3, -0.25) is 4.79 Å². The van der Waals surface area contributed by atoms with Gasteiger partial charge in [-0.05, 0) is 44.5 Å². The maximum atomic E-state index is 11.1. The maximum Gasteiger partial charge on any atom is 0.309 e. The molecule has 19 heavy (non-hydrogen) atoms. The maximum absolute atomic E-state index is 11.1. The van der Waals surface area contributed by atoms with Gasteiger partial charge in [-0.25, -0.2) is 0 Å². The van der Waals surface area contributed by atoms with Crippen molar-refractivity contribution in [3.63, 3.8) is 0 Å². The van der Waals surface area contributed by atoms with Crippen LogP contribution < -0.4 is 5.32 Å². The molecule has 0 spiro atoms. The van der Waals surface area contributed by atoms with Gasteiger partial charge in [-0.2, -0.15) is 0 Å². The van der Waals surface area contributed by atoms with Crippen LogP contribution in [-0.2, 0) is 11.3 Å². The Morgan fingerprint density at radius 3 is 2.79 bits per heavy atom. The number of hydrogen-bond acceptors (Lipinski definition) is 3. The number of aliphatic carboxylic acids is 1. The molecule has 0 amide bonds. The molecule has 0 bridgehead atoms. The monoisotopic (exact) mass is 281 g/mol. The molecule has 0 aliphatic carbocycles. The fraction of sp³-hybridized carbons (Fsp3) is 0.533. The van der Waals surface area contributed by atoms with Crippen molar-refractivity contribution in [2.75, 3.05) is 12.3 Å². The van der Waals surface area contributed by atoms with Crippen molar-refractivity contribution >= 4 is 17.7 Å². The minimum absolute atomic E-state index is 0.578. The third-order valence-electron chi connectivity index (χ3n) is 2.83. The van der Waals surface area contributed by atoms with E-state index in [4.69, 9.17) is 5.11 Å². The van der Waals surface area contributed by atoms with Crippen molar-refractivity contribution in [2.45, 2.75) is 38.6 Å². The molecular formula is C15H23NO2S. The van der Waals surface area contributed by atoms with Gasteiger partial charge in [0.2, 0.25) is 0 Å². The molecule has 0 aromatic heterocycles.